The summed E-state index contributed by atoms with van der Waals surface area (Å²) in [7, 11) is -6.37. The van der Waals surface area contributed by atoms with Crippen molar-refractivity contribution in [3.63, 3.8) is 0 Å². The lowest BCUT2D eigenvalue weighted by Crippen LogP contribution is -2.30. The fraction of sp³-hybridized carbons (Fsp3) is 0.648. The van der Waals surface area contributed by atoms with Gasteiger partial charge >= 0.3 is 37.1 Å². The number of halogens is 5. The molecule has 4 aliphatic rings. The van der Waals surface area contributed by atoms with E-state index in [1.54, 1.807) is 6.26 Å². The fourth-order valence-electron chi connectivity index (χ4n) is 11.3. The number of anilines is 3. The monoisotopic (exact) mass is 2210 g/mol. The highest BCUT2D eigenvalue weighted by Gasteiger charge is 2.32. The Bertz CT molecular complexity index is 4110. The lowest BCUT2D eigenvalue weighted by Gasteiger charge is -2.30. The van der Waals surface area contributed by atoms with Gasteiger partial charge in [-0.05, 0) is 270 Å². The van der Waals surface area contributed by atoms with Gasteiger partial charge in [-0.1, -0.05) is 216 Å². The molecule has 0 amide bonds. The second-order valence-electron chi connectivity index (χ2n) is 35.1. The van der Waals surface area contributed by atoms with Crippen LogP contribution in [0.25, 0.3) is 0 Å². The number of aliphatic hydroxyl groups excluding tert-OH is 1. The Hall–Kier alpha value is -2.71. The average molecular weight is 2210 g/mol. The molecule has 2 saturated heterocycles. The van der Waals surface area contributed by atoms with E-state index in [9.17, 15) is 41.4 Å². The molecule has 4 heterocycles. The van der Waals surface area contributed by atoms with Crippen LogP contribution in [-0.4, -0.2) is 168 Å². The quantitative estimate of drug-likeness (QED) is 0.0126. The van der Waals surface area contributed by atoms with Crippen LogP contribution in [0.5, 0.6) is 0 Å². The van der Waals surface area contributed by atoms with E-state index >= 15 is 0 Å². The number of likely N-dealkylation sites (tertiary alicyclic amines) is 2. The summed E-state index contributed by atoms with van der Waals surface area (Å²) < 4.78 is 135. The van der Waals surface area contributed by atoms with E-state index in [0.717, 1.165) is 130 Å². The summed E-state index contributed by atoms with van der Waals surface area (Å²) in [6.07, 6.45) is 22.6. The first-order valence-electron chi connectivity index (χ1n) is 46.2. The molecule has 34 nitrogen and oxygen atoms in total. The van der Waals surface area contributed by atoms with Crippen molar-refractivity contribution in [1.82, 2.24) is 25.1 Å². The molecule has 2 aromatic heterocycles. The minimum Gasteiger partial charge on any atom is -0.470 e. The fourth-order valence-corrected chi connectivity index (χ4v) is 16.4. The predicted octanol–water partition coefficient (Wildman–Crippen LogP) is 25.2. The zero-order chi connectivity index (χ0) is 106. The van der Waals surface area contributed by atoms with Gasteiger partial charge in [0.25, 0.3) is 20.2 Å². The van der Waals surface area contributed by atoms with E-state index in [2.05, 4.69) is 125 Å². The number of nitrogens with two attached hydrogens (primary N) is 5. The minimum absolute atomic E-state index is 0.0231. The molecule has 10 rings (SSSR count). The molecule has 9 atom stereocenters. The molecule has 2 aliphatic carbocycles. The van der Waals surface area contributed by atoms with Crippen LogP contribution in [0.1, 0.15) is 213 Å². The van der Waals surface area contributed by atoms with E-state index in [1.165, 1.54) is 137 Å². The molecule has 4 fully saturated rings. The molecule has 138 heavy (non-hydrogen) atoms. The number of nitrogens with zero attached hydrogens (tertiary/aromatic N) is 2. The van der Waals surface area contributed by atoms with Crippen molar-refractivity contribution < 1.29 is 106 Å². The summed E-state index contributed by atoms with van der Waals surface area (Å²) in [6, 6.07) is 37.7. The number of nitrogen functional groups attached to an aromatic ring is 2. The van der Waals surface area contributed by atoms with Crippen molar-refractivity contribution in [1.29, 1.82) is 0 Å². The smallest absolute Gasteiger partial charge is 0.430 e. The van der Waals surface area contributed by atoms with E-state index in [1.807, 2.05) is 135 Å². The topological polar surface area (TPSA) is 523 Å². The number of benzene rings is 4. The molecule has 0 radical (unpaired) electrons. The third-order valence-corrected chi connectivity index (χ3v) is 28.4. The van der Waals surface area contributed by atoms with Crippen LogP contribution in [0.15, 0.2) is 155 Å². The zero-order valence-corrected chi connectivity index (χ0v) is 95.7. The van der Waals surface area contributed by atoms with Crippen molar-refractivity contribution in [2.75, 3.05) is 137 Å². The first-order chi connectivity index (χ1) is 64.2. The van der Waals surface area contributed by atoms with E-state index in [-0.39, 0.29) is 35.6 Å². The van der Waals surface area contributed by atoms with Crippen molar-refractivity contribution >= 4 is 130 Å². The van der Waals surface area contributed by atoms with E-state index in [0.29, 0.717) is 56.7 Å². The van der Waals surface area contributed by atoms with Gasteiger partial charge in [0.15, 0.2) is 0 Å². The van der Waals surface area contributed by atoms with Crippen molar-refractivity contribution in [3.05, 3.63) is 174 Å². The molecule has 2 saturated carbocycles. The third kappa shape index (κ3) is 88.6. The summed E-state index contributed by atoms with van der Waals surface area (Å²) in [6.45, 7) is 29.2. The highest BCUT2D eigenvalue weighted by Crippen LogP contribution is 2.58. The molecule has 802 valence electrons. The molecule has 6 aromatic rings. The number of nitrogens with one attached hydrogen (secondary N) is 4. The number of hydrogen-bond donors (Lipinski definition) is 14. The highest BCUT2D eigenvalue weighted by atomic mass is 35.9. The Balaban J connectivity index is -0.00000144. The van der Waals surface area contributed by atoms with Crippen LogP contribution >= 0.6 is 113 Å². The standard InChI is InChI=1S/C10H23N2O3P.C9H20N2.C9H22NO3P.3C8H10ClO2P.C8H19N.C7H7Cl2O2P.C7H16NO3P.C5H9N2O4P.C5H7NO.C4H11N.C3H6O/c1-12-8-5-10(6-9-12)4-3-7-11-16(13,14)15-2;1-11-7-4-9(5-8-11)3-2-6-10;1-6-8(9(2,3)4)7-10-14(11,12)13-5;3*1-12(9,10)11-7-8-5-3-2-4-6-8;1-5-7(6-9)8(2,3)4;8-12(9,10)11-6-7-4-2-1-3-5-7;1-2-3-6-8-12(9,10)11-7-4-5-7;1-10-12(8,9)7-5-3-11-2-4(5)6;1-4-2-7-3-5(4)6;1-2-3-4-5;4-3-1-2-3/h10H,3-9H2,1-2H3,(H2,11,13,14);9H,2-8,10H2,1H3;8H,6-7H2,1-5H3,(H2,10,11,12);3*2-6H,7H2,1H3;7H,5-6,9H2,1-4H3;1-5H,6H2;7H,2-6H2,1H3,(H2,8,9,10);2-3H,6H2,1H3,(H2,7,8,9);2-3H,6H2,1H3;2-5H2,1H3;3-4H,1-2H2. The normalized spacial score (nSPS) is 17.3. The SMILES string of the molecule is CCC(CN)C(C)(C)C.CCC(CNP(=O)(O)OC)C(C)(C)C.CCCCN.CCCCNP(=O)(O)OC1CC1.CN1CCC(CCCN)CC1.COP(=O)(O)NCCCC1CCN(C)CC1.COP(=O)(O)Nc1cocc1N.CP(=O)(Cl)OCc1ccccc1.CP(=O)(Cl)OCc1ccccc1.CP(=O)(Cl)OCc1ccccc1.Cc1cocc1N.O=P(Cl)(Cl)OCc1ccccc1.OC1CC1. The summed E-state index contributed by atoms with van der Waals surface area (Å²) in [5.74, 6) is 2.78. The van der Waals surface area contributed by atoms with Gasteiger partial charge in [0, 0.05) is 66.5 Å². The van der Waals surface area contributed by atoms with Gasteiger partial charge in [0.1, 0.15) is 24.5 Å². The van der Waals surface area contributed by atoms with Crippen LogP contribution in [0.3, 0.4) is 0 Å². The second-order valence-corrected chi connectivity index (χ2v) is 56.8. The van der Waals surface area contributed by atoms with Crippen LogP contribution in [-0.2, 0) is 99.1 Å². The predicted molar refractivity (Wildman–Crippen MR) is 573 cm³/mol. The van der Waals surface area contributed by atoms with Gasteiger partial charge in [-0.25, -0.2) is 33.5 Å². The lowest BCUT2D eigenvalue weighted by atomic mass is 9.79. The number of furan rings is 2. The minimum atomic E-state index is -3.78. The summed E-state index contributed by atoms with van der Waals surface area (Å²) in [5.41, 5.74) is 33.4. The molecule has 2 aliphatic heterocycles. The summed E-state index contributed by atoms with van der Waals surface area (Å²) in [4.78, 5) is 41.1. The van der Waals surface area contributed by atoms with Gasteiger partial charge in [-0.3, -0.25) is 32.4 Å². The van der Waals surface area contributed by atoms with E-state index in [4.69, 9.17) is 132 Å². The molecule has 47 heteroatoms. The van der Waals surface area contributed by atoms with Crippen molar-refractivity contribution in [3.8, 4) is 0 Å². The number of aryl methyl sites for hydroxylation is 1. The van der Waals surface area contributed by atoms with Crippen LogP contribution in [0.4, 0.5) is 17.1 Å². The number of piperidine rings is 2. The van der Waals surface area contributed by atoms with Crippen LogP contribution in [0.2, 0.25) is 0 Å². The number of unbranched alkanes of at least 4 members (excludes halogenated alkanes) is 2. The van der Waals surface area contributed by atoms with Crippen LogP contribution in [0, 0.1) is 41.4 Å². The van der Waals surface area contributed by atoms with Gasteiger partial charge in [0.2, 0.25) is 0 Å². The molecule has 0 bridgehead atoms. The molecular formula is C91H170Cl5N11O23P8. The third-order valence-electron chi connectivity index (χ3n) is 20.3. The largest absolute Gasteiger partial charge is 0.470 e. The summed E-state index contributed by atoms with van der Waals surface area (Å²) >= 11 is 26.6. The maximum atomic E-state index is 11.2. The molecule has 19 N–H and O–H groups in total. The van der Waals surface area contributed by atoms with Gasteiger partial charge in [0.05, 0.1) is 56.3 Å². The Morgan fingerprint density at radius 1 is 0.449 bits per heavy atom. The van der Waals surface area contributed by atoms with Gasteiger partial charge in [-0.2, -0.15) is 0 Å². The Morgan fingerprint density at radius 3 is 1.04 bits per heavy atom. The average Bonchev–Trinajstić information content (AvgIpc) is 1.70. The van der Waals surface area contributed by atoms with Crippen molar-refractivity contribution in [2.45, 2.75) is 230 Å². The maximum absolute atomic E-state index is 11.2. The van der Waals surface area contributed by atoms with Gasteiger partial charge in [-0.15, -0.1) is 0 Å². The number of hydrogen-bond acceptors (Lipinski definition) is 26. The summed E-state index contributed by atoms with van der Waals surface area (Å²) in [5, 5.41) is 18.0. The van der Waals surface area contributed by atoms with E-state index < -0.39 is 57.2 Å². The molecule has 4 aromatic carbocycles. The molecular weight excluding hydrogens is 2040 g/mol. The zero-order valence-electron chi connectivity index (χ0n) is 84.8. The molecule has 9 unspecified atom stereocenters. The Morgan fingerprint density at radius 2 is 0.783 bits per heavy atom. The maximum Gasteiger partial charge on any atom is 0.430 e. The molecule has 0 spiro atoms. The lowest BCUT2D eigenvalue weighted by molar-refractivity contribution is 0.210. The number of rotatable bonds is 39. The Kier molecular flexibility index (Phi) is 78.4. The first-order valence-corrected chi connectivity index (χ1v) is 64.9. The van der Waals surface area contributed by atoms with Crippen LogP contribution < -0.4 is 49.0 Å². The second kappa shape index (κ2) is 77.6. The number of aliphatic hydroxyl groups is 1. The first kappa shape index (κ1) is 139. The highest BCUT2D eigenvalue weighted by molar-refractivity contribution is 8.05. The van der Waals surface area contributed by atoms with Crippen molar-refractivity contribution in [2.24, 2.45) is 51.7 Å². The van der Waals surface area contributed by atoms with Gasteiger partial charge < -0.3 is 99.1 Å². The Labute approximate surface area is 849 Å².